The molecule has 43 heavy (non-hydrogen) atoms. The van der Waals surface area contributed by atoms with Gasteiger partial charge in [0.05, 0.1) is 41.3 Å². The Morgan fingerprint density at radius 3 is 1.35 bits per heavy atom. The first kappa shape index (κ1) is 33.7. The molecule has 12 nitrogen and oxygen atoms in total. The summed E-state index contributed by atoms with van der Waals surface area (Å²) in [5.41, 5.74) is 1.48. The standard InChI is InChI=1S/C29H30Br2N2O10/c1-40-25(36)11-21(27(38)42-3)32-23(34)13-29(14-24(35)33-22(28(39)43-4)12-26(37)41-2)19-9-15(30)5-7-17(19)18-8-6-16(31)10-20(18)29/h5-10,21-22H,11-14H2,1-4H3,(H,32,34)(H,33,35)/t21-,22-/m0/s1. The lowest BCUT2D eigenvalue weighted by atomic mass is 9.72. The van der Waals surface area contributed by atoms with E-state index in [2.05, 4.69) is 52.0 Å². The predicted octanol–water partition coefficient (Wildman–Crippen LogP) is 2.70. The number of carbonyl (C=O) groups is 6. The minimum absolute atomic E-state index is 0.345. The van der Waals surface area contributed by atoms with Crippen LogP contribution in [0.5, 0.6) is 0 Å². The quantitative estimate of drug-likeness (QED) is 0.246. The number of hydrogen-bond donors (Lipinski definition) is 2. The van der Waals surface area contributed by atoms with Crippen molar-refractivity contribution in [2.24, 2.45) is 0 Å². The molecule has 0 fully saturated rings. The molecule has 0 heterocycles. The van der Waals surface area contributed by atoms with Crippen LogP contribution in [0.2, 0.25) is 0 Å². The summed E-state index contributed by atoms with van der Waals surface area (Å²) in [6, 6.07) is 8.27. The second kappa shape index (κ2) is 14.6. The molecule has 14 heteroatoms. The Morgan fingerprint density at radius 2 is 1.02 bits per heavy atom. The molecular formula is C29H30Br2N2O10. The van der Waals surface area contributed by atoms with Gasteiger partial charge in [0.15, 0.2) is 0 Å². The van der Waals surface area contributed by atoms with Crippen LogP contribution >= 0.6 is 31.9 Å². The van der Waals surface area contributed by atoms with Crippen LogP contribution in [0.3, 0.4) is 0 Å². The average Bonchev–Trinajstić information content (AvgIpc) is 3.22. The number of nitrogens with one attached hydrogen (secondary N) is 2. The van der Waals surface area contributed by atoms with E-state index < -0.39 is 66.0 Å². The van der Waals surface area contributed by atoms with Crippen molar-refractivity contribution in [3.8, 4) is 11.1 Å². The van der Waals surface area contributed by atoms with Crippen LogP contribution in [-0.4, -0.2) is 76.2 Å². The maximum absolute atomic E-state index is 13.7. The number of halogens is 2. The molecule has 2 N–H and O–H groups in total. The van der Waals surface area contributed by atoms with Crippen LogP contribution in [-0.2, 0) is 53.1 Å². The molecule has 0 aliphatic heterocycles. The summed E-state index contributed by atoms with van der Waals surface area (Å²) >= 11 is 6.96. The van der Waals surface area contributed by atoms with Crippen LogP contribution in [0.4, 0.5) is 0 Å². The van der Waals surface area contributed by atoms with Gasteiger partial charge in [-0.3, -0.25) is 19.2 Å². The van der Waals surface area contributed by atoms with Crippen LogP contribution in [0.25, 0.3) is 11.1 Å². The van der Waals surface area contributed by atoms with Crippen molar-refractivity contribution in [1.82, 2.24) is 10.6 Å². The van der Waals surface area contributed by atoms with Gasteiger partial charge in [-0.1, -0.05) is 44.0 Å². The highest BCUT2D eigenvalue weighted by atomic mass is 79.9. The van der Waals surface area contributed by atoms with Crippen LogP contribution < -0.4 is 10.6 Å². The maximum atomic E-state index is 13.7. The van der Waals surface area contributed by atoms with E-state index in [0.29, 0.717) is 20.1 Å². The van der Waals surface area contributed by atoms with E-state index in [-0.39, 0.29) is 12.8 Å². The summed E-state index contributed by atoms with van der Waals surface area (Å²) in [7, 11) is 4.54. The van der Waals surface area contributed by atoms with Crippen molar-refractivity contribution in [2.75, 3.05) is 28.4 Å². The van der Waals surface area contributed by atoms with E-state index in [1.165, 1.54) is 0 Å². The van der Waals surface area contributed by atoms with Crippen molar-refractivity contribution >= 4 is 67.6 Å². The van der Waals surface area contributed by atoms with Gasteiger partial charge in [0.1, 0.15) is 12.1 Å². The minimum Gasteiger partial charge on any atom is -0.469 e. The third-order valence-corrected chi connectivity index (χ3v) is 8.03. The van der Waals surface area contributed by atoms with E-state index in [1.54, 1.807) is 12.1 Å². The number of benzene rings is 2. The zero-order chi connectivity index (χ0) is 31.9. The van der Waals surface area contributed by atoms with Crippen molar-refractivity contribution in [2.45, 2.75) is 43.2 Å². The van der Waals surface area contributed by atoms with Crippen molar-refractivity contribution in [3.05, 3.63) is 56.5 Å². The molecule has 2 aromatic carbocycles. The SMILES string of the molecule is COC(=O)C[C@H](NC(=O)CC1(CC(=O)N[C@@H](CC(=O)OC)C(=O)OC)c2cc(Br)ccc2-c2ccc(Br)cc21)C(=O)OC. The van der Waals surface area contributed by atoms with Crippen molar-refractivity contribution in [1.29, 1.82) is 0 Å². The fourth-order valence-electron chi connectivity index (χ4n) is 5.09. The lowest BCUT2D eigenvalue weighted by Crippen LogP contribution is -2.48. The first-order chi connectivity index (χ1) is 20.4. The zero-order valence-electron chi connectivity index (χ0n) is 23.8. The summed E-state index contributed by atoms with van der Waals surface area (Å²) in [4.78, 5) is 76.0. The number of rotatable bonds is 12. The average molecular weight is 726 g/mol. The minimum atomic E-state index is -1.34. The molecule has 0 unspecified atom stereocenters. The Hall–Kier alpha value is -3.78. The molecule has 0 aromatic heterocycles. The number of esters is 4. The highest BCUT2D eigenvalue weighted by molar-refractivity contribution is 9.10. The fraction of sp³-hybridized carbons (Fsp3) is 0.379. The van der Waals surface area contributed by atoms with Gasteiger partial charge in [0, 0.05) is 27.2 Å². The lowest BCUT2D eigenvalue weighted by Gasteiger charge is -2.32. The Labute approximate surface area is 264 Å². The molecule has 0 radical (unpaired) electrons. The number of methoxy groups -OCH3 is 4. The van der Waals surface area contributed by atoms with Crippen LogP contribution in [0.1, 0.15) is 36.8 Å². The summed E-state index contributed by atoms with van der Waals surface area (Å²) < 4.78 is 20.2. The van der Waals surface area contributed by atoms with E-state index in [4.69, 9.17) is 9.47 Å². The molecule has 0 saturated carbocycles. The predicted molar refractivity (Wildman–Crippen MR) is 158 cm³/mol. The smallest absolute Gasteiger partial charge is 0.328 e. The van der Waals surface area contributed by atoms with Crippen molar-refractivity contribution < 1.29 is 47.7 Å². The molecule has 2 aromatic rings. The Bertz CT molecular complexity index is 1340. The molecule has 1 aliphatic carbocycles. The largest absolute Gasteiger partial charge is 0.469 e. The lowest BCUT2D eigenvalue weighted by molar-refractivity contribution is -0.151. The van der Waals surface area contributed by atoms with Gasteiger partial charge in [0.2, 0.25) is 11.8 Å². The number of ether oxygens (including phenoxy) is 4. The van der Waals surface area contributed by atoms with Gasteiger partial charge in [-0.15, -0.1) is 0 Å². The molecule has 3 rings (SSSR count). The number of carbonyl (C=O) groups excluding carboxylic acids is 6. The van der Waals surface area contributed by atoms with Gasteiger partial charge < -0.3 is 29.6 Å². The summed E-state index contributed by atoms with van der Waals surface area (Å²) in [5.74, 6) is -4.52. The first-order valence-electron chi connectivity index (χ1n) is 12.9. The van der Waals surface area contributed by atoms with Gasteiger partial charge in [-0.25, -0.2) is 9.59 Å². The van der Waals surface area contributed by atoms with Crippen molar-refractivity contribution in [3.63, 3.8) is 0 Å². The first-order valence-corrected chi connectivity index (χ1v) is 14.5. The molecule has 2 atom stereocenters. The molecule has 230 valence electrons. The van der Waals surface area contributed by atoms with E-state index in [0.717, 1.165) is 39.6 Å². The molecule has 2 amide bonds. The second-order valence-corrected chi connectivity index (χ2v) is 11.5. The molecule has 0 saturated heterocycles. The van der Waals surface area contributed by atoms with Crippen LogP contribution in [0, 0.1) is 0 Å². The van der Waals surface area contributed by atoms with Gasteiger partial charge >= 0.3 is 23.9 Å². The Balaban J connectivity index is 2.09. The Morgan fingerprint density at radius 1 is 0.651 bits per heavy atom. The molecule has 0 bridgehead atoms. The van der Waals surface area contributed by atoms with E-state index >= 15 is 0 Å². The second-order valence-electron chi connectivity index (χ2n) is 9.66. The number of fused-ring (bicyclic) bond motifs is 3. The summed E-state index contributed by atoms with van der Waals surface area (Å²) in [6.45, 7) is 0. The summed E-state index contributed by atoms with van der Waals surface area (Å²) in [6.07, 6.45) is -1.63. The van der Waals surface area contributed by atoms with Gasteiger partial charge in [-0.05, 0) is 46.5 Å². The molecule has 0 spiro atoms. The highest BCUT2D eigenvalue weighted by Gasteiger charge is 2.47. The molecule has 1 aliphatic rings. The fourth-order valence-corrected chi connectivity index (χ4v) is 5.82. The number of hydrogen-bond acceptors (Lipinski definition) is 10. The van der Waals surface area contributed by atoms with Gasteiger partial charge in [-0.2, -0.15) is 0 Å². The molecular weight excluding hydrogens is 696 g/mol. The number of amides is 2. The Kier molecular flexibility index (Phi) is 11.4. The van der Waals surface area contributed by atoms with E-state index in [1.807, 2.05) is 24.3 Å². The van der Waals surface area contributed by atoms with E-state index in [9.17, 15) is 28.8 Å². The topological polar surface area (TPSA) is 163 Å². The third kappa shape index (κ3) is 7.79. The normalized spacial score (nSPS) is 13.8. The maximum Gasteiger partial charge on any atom is 0.328 e. The zero-order valence-corrected chi connectivity index (χ0v) is 27.0. The monoisotopic (exact) mass is 724 g/mol. The summed E-state index contributed by atoms with van der Waals surface area (Å²) in [5, 5.41) is 5.09. The van der Waals surface area contributed by atoms with Crippen LogP contribution in [0.15, 0.2) is 45.3 Å². The highest BCUT2D eigenvalue weighted by Crippen LogP contribution is 2.54. The van der Waals surface area contributed by atoms with Gasteiger partial charge in [0.25, 0.3) is 0 Å². The third-order valence-electron chi connectivity index (χ3n) is 7.05.